The van der Waals surface area contributed by atoms with Crippen LogP contribution in [0.5, 0.6) is 11.5 Å². The SMILES string of the molecule is COc1cc(/C=N/NC(=O)c2cc3ccccc3o2)c([N+](=O)[O-])cc1OC. The normalized spacial score (nSPS) is 10.9. The summed E-state index contributed by atoms with van der Waals surface area (Å²) in [4.78, 5) is 22.8. The second kappa shape index (κ2) is 7.56. The third kappa shape index (κ3) is 3.71. The summed E-state index contributed by atoms with van der Waals surface area (Å²) in [6.07, 6.45) is 1.15. The molecule has 0 atom stereocenters. The number of ether oxygens (including phenoxy) is 2. The Morgan fingerprint density at radius 2 is 1.89 bits per heavy atom. The van der Waals surface area contributed by atoms with Gasteiger partial charge in [0.1, 0.15) is 5.58 Å². The van der Waals surface area contributed by atoms with Gasteiger partial charge in [0.25, 0.3) is 5.69 Å². The van der Waals surface area contributed by atoms with Gasteiger partial charge in [-0.05, 0) is 18.2 Å². The van der Waals surface area contributed by atoms with Crippen LogP contribution in [0.25, 0.3) is 11.0 Å². The molecule has 1 aromatic heterocycles. The van der Waals surface area contributed by atoms with Gasteiger partial charge in [0.05, 0.1) is 37.0 Å². The van der Waals surface area contributed by atoms with Crippen LogP contribution in [0.3, 0.4) is 0 Å². The predicted octanol–water partition coefficient (Wildman–Crippen LogP) is 3.12. The van der Waals surface area contributed by atoms with Gasteiger partial charge < -0.3 is 13.9 Å². The van der Waals surface area contributed by atoms with Gasteiger partial charge in [0.15, 0.2) is 17.3 Å². The van der Waals surface area contributed by atoms with E-state index in [9.17, 15) is 14.9 Å². The van der Waals surface area contributed by atoms with Gasteiger partial charge in [-0.3, -0.25) is 14.9 Å². The molecule has 1 heterocycles. The number of nitro benzene ring substituents is 1. The molecule has 0 aliphatic carbocycles. The monoisotopic (exact) mass is 369 g/mol. The van der Waals surface area contributed by atoms with Crippen LogP contribution in [-0.2, 0) is 0 Å². The molecule has 0 aliphatic rings. The Balaban J connectivity index is 1.82. The lowest BCUT2D eigenvalue weighted by Crippen LogP contribution is -2.16. The first kappa shape index (κ1) is 17.9. The molecule has 3 aromatic rings. The Bertz CT molecular complexity index is 1010. The molecule has 0 saturated heterocycles. The molecular formula is C18H15N3O6. The minimum absolute atomic E-state index is 0.0789. The van der Waals surface area contributed by atoms with Crippen LogP contribution < -0.4 is 14.9 Å². The highest BCUT2D eigenvalue weighted by Gasteiger charge is 2.18. The second-order valence-electron chi connectivity index (χ2n) is 5.37. The fourth-order valence-corrected chi connectivity index (χ4v) is 2.45. The average Bonchev–Trinajstić information content (AvgIpc) is 3.11. The molecule has 0 spiro atoms. The number of hydrogen-bond acceptors (Lipinski definition) is 7. The standard InChI is InChI=1S/C18H15N3O6/c1-25-15-8-12(13(21(23)24)9-16(15)26-2)10-19-20-18(22)17-7-11-5-3-4-6-14(11)27-17/h3-10H,1-2H3,(H,20,22)/b19-10+. The molecule has 9 nitrogen and oxygen atoms in total. The van der Waals surface area contributed by atoms with E-state index >= 15 is 0 Å². The Hall–Kier alpha value is -3.88. The lowest BCUT2D eigenvalue weighted by Gasteiger charge is -2.08. The topological polar surface area (TPSA) is 116 Å². The number of nitro groups is 1. The molecule has 1 N–H and O–H groups in total. The van der Waals surface area contributed by atoms with Gasteiger partial charge >= 0.3 is 5.91 Å². The van der Waals surface area contributed by atoms with E-state index in [1.807, 2.05) is 12.1 Å². The maximum atomic E-state index is 12.1. The highest BCUT2D eigenvalue weighted by molar-refractivity contribution is 5.97. The molecule has 0 unspecified atom stereocenters. The second-order valence-corrected chi connectivity index (χ2v) is 5.37. The van der Waals surface area contributed by atoms with E-state index in [-0.39, 0.29) is 22.8 Å². The Labute approximate surface area is 153 Å². The highest BCUT2D eigenvalue weighted by atomic mass is 16.6. The van der Waals surface area contributed by atoms with Gasteiger partial charge in [-0.15, -0.1) is 0 Å². The Morgan fingerprint density at radius 3 is 2.56 bits per heavy atom. The fraction of sp³-hybridized carbons (Fsp3) is 0.111. The van der Waals surface area contributed by atoms with E-state index in [2.05, 4.69) is 10.5 Å². The number of hydrogen-bond donors (Lipinski definition) is 1. The molecule has 2 aromatic carbocycles. The van der Waals surface area contributed by atoms with E-state index < -0.39 is 10.8 Å². The number of nitrogens with zero attached hydrogens (tertiary/aromatic N) is 2. The zero-order valence-corrected chi connectivity index (χ0v) is 14.5. The number of benzene rings is 2. The van der Waals surface area contributed by atoms with Crippen molar-refractivity contribution in [2.45, 2.75) is 0 Å². The molecule has 0 bridgehead atoms. The molecule has 0 aliphatic heterocycles. The third-order valence-electron chi connectivity index (χ3n) is 3.75. The molecule has 0 saturated carbocycles. The molecule has 9 heteroatoms. The van der Waals surface area contributed by atoms with Crippen LogP contribution in [0.1, 0.15) is 16.1 Å². The molecule has 138 valence electrons. The Morgan fingerprint density at radius 1 is 1.19 bits per heavy atom. The van der Waals surface area contributed by atoms with Crippen LogP contribution in [0, 0.1) is 10.1 Å². The summed E-state index contributed by atoms with van der Waals surface area (Å²) >= 11 is 0. The van der Waals surface area contributed by atoms with Crippen molar-refractivity contribution in [2.24, 2.45) is 5.10 Å². The van der Waals surface area contributed by atoms with E-state index in [1.165, 1.54) is 26.4 Å². The van der Waals surface area contributed by atoms with Crippen LogP contribution in [-0.4, -0.2) is 31.3 Å². The first-order chi connectivity index (χ1) is 13.0. The van der Waals surface area contributed by atoms with Crippen molar-refractivity contribution in [1.29, 1.82) is 0 Å². The molecular weight excluding hydrogens is 354 g/mol. The van der Waals surface area contributed by atoms with E-state index in [4.69, 9.17) is 13.9 Å². The summed E-state index contributed by atoms with van der Waals surface area (Å²) in [7, 11) is 2.79. The van der Waals surface area contributed by atoms with Crippen molar-refractivity contribution in [3.8, 4) is 11.5 Å². The number of carbonyl (C=O) groups excluding carboxylic acids is 1. The summed E-state index contributed by atoms with van der Waals surface area (Å²) in [5.41, 5.74) is 2.75. The smallest absolute Gasteiger partial charge is 0.307 e. The van der Waals surface area contributed by atoms with Gasteiger partial charge in [-0.1, -0.05) is 18.2 Å². The minimum Gasteiger partial charge on any atom is -0.493 e. The van der Waals surface area contributed by atoms with Gasteiger partial charge in [0.2, 0.25) is 0 Å². The first-order valence-electron chi connectivity index (χ1n) is 7.76. The van der Waals surface area contributed by atoms with Crippen molar-refractivity contribution in [2.75, 3.05) is 14.2 Å². The number of furan rings is 1. The number of methoxy groups -OCH3 is 2. The fourth-order valence-electron chi connectivity index (χ4n) is 2.45. The van der Waals surface area contributed by atoms with Crippen molar-refractivity contribution in [3.63, 3.8) is 0 Å². The predicted molar refractivity (Wildman–Crippen MR) is 97.5 cm³/mol. The van der Waals surface area contributed by atoms with Crippen LogP contribution in [0.4, 0.5) is 5.69 Å². The molecule has 1 amide bonds. The van der Waals surface area contributed by atoms with Crippen LogP contribution in [0.15, 0.2) is 52.0 Å². The summed E-state index contributed by atoms with van der Waals surface area (Å²) in [5.74, 6) is 0.0153. The summed E-state index contributed by atoms with van der Waals surface area (Å²) < 4.78 is 15.6. The summed E-state index contributed by atoms with van der Waals surface area (Å²) in [6, 6.07) is 11.4. The number of amides is 1. The minimum atomic E-state index is -0.579. The Kier molecular flexibility index (Phi) is 5.02. The quantitative estimate of drug-likeness (QED) is 0.405. The third-order valence-corrected chi connectivity index (χ3v) is 3.75. The van der Waals surface area contributed by atoms with Gasteiger partial charge in [-0.2, -0.15) is 5.10 Å². The number of hydrazone groups is 1. The number of carbonyl (C=O) groups is 1. The average molecular weight is 369 g/mol. The zero-order valence-electron chi connectivity index (χ0n) is 14.5. The molecule has 0 fully saturated rings. The van der Waals surface area contributed by atoms with Crippen molar-refractivity contribution >= 4 is 28.8 Å². The highest BCUT2D eigenvalue weighted by Crippen LogP contribution is 2.33. The molecule has 0 radical (unpaired) electrons. The first-order valence-corrected chi connectivity index (χ1v) is 7.76. The van der Waals surface area contributed by atoms with E-state index in [1.54, 1.807) is 18.2 Å². The van der Waals surface area contributed by atoms with Crippen molar-refractivity contribution < 1.29 is 23.6 Å². The lowest BCUT2D eigenvalue weighted by atomic mass is 10.1. The van der Waals surface area contributed by atoms with Gasteiger partial charge in [0, 0.05) is 5.39 Å². The zero-order chi connectivity index (χ0) is 19.4. The number of rotatable bonds is 6. The maximum absolute atomic E-state index is 12.1. The summed E-state index contributed by atoms with van der Waals surface area (Å²) in [6.45, 7) is 0. The molecule has 3 rings (SSSR count). The lowest BCUT2D eigenvalue weighted by molar-refractivity contribution is -0.385. The van der Waals surface area contributed by atoms with Crippen LogP contribution >= 0.6 is 0 Å². The number of para-hydroxylation sites is 1. The van der Waals surface area contributed by atoms with Crippen molar-refractivity contribution in [1.82, 2.24) is 5.43 Å². The van der Waals surface area contributed by atoms with Gasteiger partial charge in [-0.25, -0.2) is 5.43 Å². The van der Waals surface area contributed by atoms with E-state index in [0.717, 1.165) is 11.6 Å². The summed E-state index contributed by atoms with van der Waals surface area (Å²) in [5, 5.41) is 15.8. The maximum Gasteiger partial charge on any atom is 0.307 e. The van der Waals surface area contributed by atoms with Crippen LogP contribution in [0.2, 0.25) is 0 Å². The largest absolute Gasteiger partial charge is 0.493 e. The number of nitrogens with one attached hydrogen (secondary N) is 1. The number of fused-ring (bicyclic) bond motifs is 1. The van der Waals surface area contributed by atoms with Crippen molar-refractivity contribution in [3.05, 3.63) is 63.9 Å². The molecule has 27 heavy (non-hydrogen) atoms. The van der Waals surface area contributed by atoms with E-state index in [0.29, 0.717) is 11.3 Å².